The molecule has 0 aromatic rings. The quantitative estimate of drug-likeness (QED) is 0.701. The van der Waals surface area contributed by atoms with Crippen molar-refractivity contribution in [3.05, 3.63) is 58.9 Å². The molecule has 0 saturated heterocycles. The third-order valence-corrected chi connectivity index (χ3v) is 3.93. The summed E-state index contributed by atoms with van der Waals surface area (Å²) in [5, 5.41) is 0. The lowest BCUT2D eigenvalue weighted by molar-refractivity contribution is -0.111. The molecule has 2 heteroatoms. The van der Waals surface area contributed by atoms with Gasteiger partial charge in [0.1, 0.15) is 5.76 Å². The molecule has 1 unspecified atom stereocenters. The average Bonchev–Trinajstić information content (AvgIpc) is 2.82. The Bertz CT molecular complexity index is 556. The molecule has 21 heavy (non-hydrogen) atoms. The summed E-state index contributed by atoms with van der Waals surface area (Å²) < 4.78 is 5.47. The first-order valence-corrected chi connectivity index (χ1v) is 7.74. The zero-order valence-electron chi connectivity index (χ0n) is 13.2. The summed E-state index contributed by atoms with van der Waals surface area (Å²) in [5.41, 5.74) is 3.07. The van der Waals surface area contributed by atoms with Crippen LogP contribution in [0.15, 0.2) is 58.9 Å². The molecule has 0 heterocycles. The lowest BCUT2D eigenvalue weighted by atomic mass is 9.96. The van der Waals surface area contributed by atoms with E-state index < -0.39 is 0 Å². The summed E-state index contributed by atoms with van der Waals surface area (Å²) in [6, 6.07) is 0. The van der Waals surface area contributed by atoms with Crippen molar-refractivity contribution in [2.45, 2.75) is 40.0 Å². The van der Waals surface area contributed by atoms with Crippen LogP contribution in [0.3, 0.4) is 0 Å². The number of allylic oxidation sites excluding steroid dienone is 9. The molecule has 2 aliphatic rings. The van der Waals surface area contributed by atoms with Crippen LogP contribution in [0.5, 0.6) is 0 Å². The number of hydrogen-bond donors (Lipinski definition) is 0. The minimum absolute atomic E-state index is 0.226. The fraction of sp³-hybridized carbons (Fsp3) is 0.421. The largest absolute Gasteiger partial charge is 0.494 e. The van der Waals surface area contributed by atoms with Crippen LogP contribution in [0.25, 0.3) is 0 Å². The molecule has 0 aromatic heterocycles. The highest BCUT2D eigenvalue weighted by Crippen LogP contribution is 2.30. The van der Waals surface area contributed by atoms with Crippen molar-refractivity contribution < 1.29 is 9.53 Å². The number of hydrogen-bond acceptors (Lipinski definition) is 2. The van der Waals surface area contributed by atoms with Gasteiger partial charge in [-0.25, -0.2) is 0 Å². The van der Waals surface area contributed by atoms with E-state index in [1.807, 2.05) is 39.0 Å². The maximum Gasteiger partial charge on any atom is 0.184 e. The molecule has 0 spiro atoms. The monoisotopic (exact) mass is 284 g/mol. The normalized spacial score (nSPS) is 26.6. The molecule has 112 valence electrons. The van der Waals surface area contributed by atoms with Crippen molar-refractivity contribution in [3.63, 3.8) is 0 Å². The van der Waals surface area contributed by atoms with Gasteiger partial charge >= 0.3 is 0 Å². The molecule has 0 aromatic carbocycles. The molecule has 1 atom stereocenters. The summed E-state index contributed by atoms with van der Waals surface area (Å²) >= 11 is 0. The summed E-state index contributed by atoms with van der Waals surface area (Å²) in [4.78, 5) is 12.4. The van der Waals surface area contributed by atoms with Gasteiger partial charge in [-0.1, -0.05) is 29.9 Å². The van der Waals surface area contributed by atoms with Gasteiger partial charge in [0.15, 0.2) is 5.78 Å². The van der Waals surface area contributed by atoms with E-state index in [1.165, 1.54) is 0 Å². The van der Waals surface area contributed by atoms with Crippen molar-refractivity contribution in [2.75, 3.05) is 6.61 Å². The molecule has 0 N–H and O–H groups in total. The molecule has 0 aliphatic heterocycles. The highest BCUT2D eigenvalue weighted by molar-refractivity contribution is 6.10. The summed E-state index contributed by atoms with van der Waals surface area (Å²) in [6.45, 7) is 6.71. The standard InChI is InChI=1S/C19H24O2/c1-4-14(3)12-16-8-9-17(19(16)20)13-15-6-10-18(11-7-15)21-5-2/h4,6,10-13,15H,5,7-9H2,1-3H3/b14-4+,16-12+,17-13+. The summed E-state index contributed by atoms with van der Waals surface area (Å²) in [6.07, 6.45) is 15.1. The van der Waals surface area contributed by atoms with Crippen molar-refractivity contribution in [2.24, 2.45) is 5.92 Å². The van der Waals surface area contributed by atoms with E-state index in [9.17, 15) is 4.79 Å². The first-order chi connectivity index (χ1) is 10.1. The van der Waals surface area contributed by atoms with E-state index in [4.69, 9.17) is 4.74 Å². The van der Waals surface area contributed by atoms with Crippen LogP contribution in [0.4, 0.5) is 0 Å². The van der Waals surface area contributed by atoms with Gasteiger partial charge < -0.3 is 4.74 Å². The highest BCUT2D eigenvalue weighted by Gasteiger charge is 2.23. The van der Waals surface area contributed by atoms with Crippen LogP contribution >= 0.6 is 0 Å². The predicted octanol–water partition coefficient (Wildman–Crippen LogP) is 4.66. The van der Waals surface area contributed by atoms with Gasteiger partial charge in [0, 0.05) is 5.57 Å². The van der Waals surface area contributed by atoms with Crippen LogP contribution in [0, 0.1) is 5.92 Å². The number of carbonyl (C=O) groups excluding carboxylic acids is 1. The molecule has 0 amide bonds. The lowest BCUT2D eigenvalue weighted by Gasteiger charge is -2.13. The van der Waals surface area contributed by atoms with E-state index in [0.717, 1.165) is 41.7 Å². The fourth-order valence-corrected chi connectivity index (χ4v) is 2.63. The van der Waals surface area contributed by atoms with Gasteiger partial charge in [0.25, 0.3) is 0 Å². The third kappa shape index (κ3) is 4.07. The fourth-order valence-electron chi connectivity index (χ4n) is 2.63. The van der Waals surface area contributed by atoms with Crippen LogP contribution < -0.4 is 0 Å². The highest BCUT2D eigenvalue weighted by atomic mass is 16.5. The predicted molar refractivity (Wildman–Crippen MR) is 86.8 cm³/mol. The number of ketones is 1. The van der Waals surface area contributed by atoms with Gasteiger partial charge in [0.2, 0.25) is 0 Å². The van der Waals surface area contributed by atoms with Crippen LogP contribution in [0.1, 0.15) is 40.0 Å². The van der Waals surface area contributed by atoms with E-state index in [0.29, 0.717) is 12.5 Å². The second-order valence-electron chi connectivity index (χ2n) is 5.52. The smallest absolute Gasteiger partial charge is 0.184 e. The van der Waals surface area contributed by atoms with Crippen molar-refractivity contribution in [1.82, 2.24) is 0 Å². The molecular formula is C19H24O2. The molecule has 0 bridgehead atoms. The van der Waals surface area contributed by atoms with Crippen molar-refractivity contribution >= 4 is 5.78 Å². The zero-order chi connectivity index (χ0) is 15.2. The topological polar surface area (TPSA) is 26.3 Å². The van der Waals surface area contributed by atoms with Gasteiger partial charge in [-0.15, -0.1) is 0 Å². The second-order valence-corrected chi connectivity index (χ2v) is 5.52. The summed E-state index contributed by atoms with van der Waals surface area (Å²) in [7, 11) is 0. The Morgan fingerprint density at radius 2 is 2.14 bits per heavy atom. The Hall–Kier alpha value is -1.83. The Morgan fingerprint density at radius 1 is 1.38 bits per heavy atom. The maximum atomic E-state index is 12.4. The Kier molecular flexibility index (Phi) is 5.38. The molecule has 2 aliphatic carbocycles. The molecule has 1 saturated carbocycles. The zero-order valence-corrected chi connectivity index (χ0v) is 13.2. The van der Waals surface area contributed by atoms with E-state index in [1.54, 1.807) is 0 Å². The molecule has 2 rings (SSSR count). The molecular weight excluding hydrogens is 260 g/mol. The van der Waals surface area contributed by atoms with E-state index in [-0.39, 0.29) is 5.78 Å². The van der Waals surface area contributed by atoms with Crippen LogP contribution in [-0.4, -0.2) is 12.4 Å². The minimum atomic E-state index is 0.226. The van der Waals surface area contributed by atoms with Crippen molar-refractivity contribution in [1.29, 1.82) is 0 Å². The number of carbonyl (C=O) groups is 1. The molecule has 2 nitrogen and oxygen atoms in total. The number of rotatable bonds is 4. The van der Waals surface area contributed by atoms with Crippen LogP contribution in [0.2, 0.25) is 0 Å². The Labute approximate surface area is 127 Å². The van der Waals surface area contributed by atoms with Crippen LogP contribution in [-0.2, 0) is 9.53 Å². The Morgan fingerprint density at radius 3 is 2.76 bits per heavy atom. The van der Waals surface area contributed by atoms with Gasteiger partial charge in [0.05, 0.1) is 6.61 Å². The maximum absolute atomic E-state index is 12.4. The lowest BCUT2D eigenvalue weighted by Crippen LogP contribution is -2.03. The van der Waals surface area contributed by atoms with Gasteiger partial charge in [-0.3, -0.25) is 4.79 Å². The van der Waals surface area contributed by atoms with E-state index in [2.05, 4.69) is 18.2 Å². The molecule has 0 radical (unpaired) electrons. The number of Topliss-reactive ketones (excluding diaryl/α,β-unsaturated/α-hetero) is 1. The minimum Gasteiger partial charge on any atom is -0.494 e. The average molecular weight is 284 g/mol. The second kappa shape index (κ2) is 7.26. The Balaban J connectivity index is 2.03. The first kappa shape index (κ1) is 15.6. The molecule has 1 fully saturated rings. The van der Waals surface area contributed by atoms with E-state index >= 15 is 0 Å². The summed E-state index contributed by atoms with van der Waals surface area (Å²) in [5.74, 6) is 1.48. The SMILES string of the molecule is C/C=C(C)/C=C1\CC/C(=C\C2C=CC(OCC)=CC2)C1=O. The van der Waals surface area contributed by atoms with Gasteiger partial charge in [-0.2, -0.15) is 0 Å². The third-order valence-electron chi connectivity index (χ3n) is 3.93. The van der Waals surface area contributed by atoms with Crippen molar-refractivity contribution in [3.8, 4) is 0 Å². The first-order valence-electron chi connectivity index (χ1n) is 7.74. The number of ether oxygens (including phenoxy) is 1. The van der Waals surface area contributed by atoms with Gasteiger partial charge in [-0.05, 0) is 63.7 Å².